The molecule has 0 atom stereocenters. The fourth-order valence-corrected chi connectivity index (χ4v) is 0.775. The van der Waals surface area contributed by atoms with Crippen molar-refractivity contribution in [3.8, 4) is 5.75 Å². The molecule has 0 spiro atoms. The second-order valence-corrected chi connectivity index (χ2v) is 2.39. The van der Waals surface area contributed by atoms with Gasteiger partial charge in [0.1, 0.15) is 5.75 Å². The van der Waals surface area contributed by atoms with Gasteiger partial charge in [-0.15, -0.1) is 0 Å². The van der Waals surface area contributed by atoms with Gasteiger partial charge in [-0.25, -0.2) is 4.79 Å². The predicted octanol–water partition coefficient (Wildman–Crippen LogP) is -3.10. The van der Waals surface area contributed by atoms with Crippen LogP contribution in [-0.2, 0) is 9.59 Å². The molecule has 5 heteroatoms. The van der Waals surface area contributed by atoms with Crippen LogP contribution in [0, 0.1) is 0 Å². The Hall–Kier alpha value is -1.10. The third-order valence-electron chi connectivity index (χ3n) is 1.32. The minimum Gasteiger partial charge on any atom is -0.545 e. The van der Waals surface area contributed by atoms with E-state index >= 15 is 0 Å². The van der Waals surface area contributed by atoms with Crippen LogP contribution >= 0.6 is 0 Å². The van der Waals surface area contributed by atoms with Gasteiger partial charge in [0.15, 0.2) is 0 Å². The smallest absolute Gasteiger partial charge is 0.545 e. The molecule has 1 aromatic rings. The van der Waals surface area contributed by atoms with Gasteiger partial charge in [-0.3, -0.25) is 0 Å². The van der Waals surface area contributed by atoms with Crippen molar-refractivity contribution in [2.24, 2.45) is 0 Å². The number of carboxylic acid groups (broad SMARTS) is 1. The minimum atomic E-state index is -1.44. The first-order chi connectivity index (χ1) is 6.68. The first kappa shape index (κ1) is 13.9. The molecule has 0 unspecified atom stereocenters. The molecule has 4 nitrogen and oxygen atoms in total. The molecule has 0 bridgehead atoms. The fraction of sp³-hybridized carbons (Fsp3) is 0. The normalized spacial score (nSPS) is 9.33. The molecule has 72 valence electrons. The van der Waals surface area contributed by atoms with Crippen molar-refractivity contribution in [3.63, 3.8) is 0 Å². The molecular formula is C10H7NaO4. The molecule has 0 heterocycles. The summed E-state index contributed by atoms with van der Waals surface area (Å²) in [5.74, 6) is -1.82. The first-order valence-electron chi connectivity index (χ1n) is 3.84. The Labute approximate surface area is 109 Å². The molecule has 1 rings (SSSR count). The van der Waals surface area contributed by atoms with Gasteiger partial charge in [0.2, 0.25) is 0 Å². The topological polar surface area (TPSA) is 66.4 Å². The van der Waals surface area contributed by atoms with Crippen molar-refractivity contribution in [2.75, 3.05) is 0 Å². The molecule has 0 amide bonds. The number of hydrogen-bond acceptors (Lipinski definition) is 4. The van der Waals surface area contributed by atoms with Crippen molar-refractivity contribution in [3.05, 3.63) is 42.5 Å². The quantitative estimate of drug-likeness (QED) is 0.231. The molecule has 0 aliphatic carbocycles. The molecule has 0 aliphatic rings. The molecule has 15 heavy (non-hydrogen) atoms. The van der Waals surface area contributed by atoms with E-state index in [1.54, 1.807) is 30.3 Å². The number of benzene rings is 1. The minimum absolute atomic E-state index is 0. The predicted molar refractivity (Wildman–Crippen MR) is 46.2 cm³/mol. The molecule has 0 N–H and O–H groups in total. The Kier molecular flexibility index (Phi) is 6.70. The third kappa shape index (κ3) is 6.06. The fourth-order valence-electron chi connectivity index (χ4n) is 0.775. The number of esters is 1. The largest absolute Gasteiger partial charge is 1.00 e. The van der Waals surface area contributed by atoms with Crippen molar-refractivity contribution >= 4 is 11.9 Å². The monoisotopic (exact) mass is 214 g/mol. The Morgan fingerprint density at radius 3 is 2.27 bits per heavy atom. The molecule has 0 saturated carbocycles. The second-order valence-electron chi connectivity index (χ2n) is 2.39. The number of hydrogen-bond donors (Lipinski definition) is 0. The van der Waals surface area contributed by atoms with E-state index in [0.717, 1.165) is 6.08 Å². The Morgan fingerprint density at radius 2 is 1.73 bits per heavy atom. The van der Waals surface area contributed by atoms with Gasteiger partial charge < -0.3 is 14.6 Å². The molecule has 0 saturated heterocycles. The maximum atomic E-state index is 10.9. The average Bonchev–Trinajstić information content (AvgIpc) is 2.16. The number of aliphatic carboxylic acids is 1. The van der Waals surface area contributed by atoms with Crippen molar-refractivity contribution in [1.29, 1.82) is 0 Å². The van der Waals surface area contributed by atoms with Crippen molar-refractivity contribution < 1.29 is 49.0 Å². The van der Waals surface area contributed by atoms with Crippen LogP contribution in [0.5, 0.6) is 5.75 Å². The van der Waals surface area contributed by atoms with Crippen LogP contribution in [0.1, 0.15) is 0 Å². The maximum Gasteiger partial charge on any atom is 1.00 e. The Bertz CT molecular complexity index is 359. The number of carbonyl (C=O) groups is 2. The van der Waals surface area contributed by atoms with Gasteiger partial charge in [0.05, 0.1) is 5.97 Å². The van der Waals surface area contributed by atoms with E-state index in [1.807, 2.05) is 0 Å². The maximum absolute atomic E-state index is 10.9. The van der Waals surface area contributed by atoms with E-state index in [2.05, 4.69) is 0 Å². The van der Waals surface area contributed by atoms with Crippen molar-refractivity contribution in [2.45, 2.75) is 0 Å². The Balaban J connectivity index is 0.00000196. The van der Waals surface area contributed by atoms with Gasteiger partial charge >= 0.3 is 35.5 Å². The van der Waals surface area contributed by atoms with E-state index in [4.69, 9.17) is 4.74 Å². The average molecular weight is 214 g/mol. The van der Waals surface area contributed by atoms with Crippen molar-refractivity contribution in [1.82, 2.24) is 0 Å². The summed E-state index contributed by atoms with van der Waals surface area (Å²) < 4.78 is 4.75. The zero-order chi connectivity index (χ0) is 10.4. The zero-order valence-electron chi connectivity index (χ0n) is 8.17. The SMILES string of the molecule is O=C([O-])/C=C\C(=O)Oc1ccccc1.[Na+]. The summed E-state index contributed by atoms with van der Waals surface area (Å²) in [4.78, 5) is 20.9. The van der Waals surface area contributed by atoms with Gasteiger partial charge in [0, 0.05) is 6.08 Å². The van der Waals surface area contributed by atoms with Crippen LogP contribution in [0.4, 0.5) is 0 Å². The van der Waals surface area contributed by atoms with E-state index in [-0.39, 0.29) is 29.6 Å². The van der Waals surface area contributed by atoms with Gasteiger partial charge in [-0.2, -0.15) is 0 Å². The standard InChI is InChI=1S/C10H8O4.Na/c11-9(12)6-7-10(13)14-8-4-2-1-3-5-8;/h1-7H,(H,11,12);/q;+1/p-1/b7-6-;. The van der Waals surface area contributed by atoms with E-state index in [0.29, 0.717) is 11.8 Å². The van der Waals surface area contributed by atoms with Gasteiger partial charge in [0.25, 0.3) is 0 Å². The molecule has 1 aromatic carbocycles. The van der Waals surface area contributed by atoms with Crippen LogP contribution in [0.25, 0.3) is 0 Å². The number of carbonyl (C=O) groups excluding carboxylic acids is 2. The van der Waals surface area contributed by atoms with Gasteiger partial charge in [-0.1, -0.05) is 18.2 Å². The molecule has 0 fully saturated rings. The molecule has 0 aromatic heterocycles. The van der Waals surface area contributed by atoms with Crippen LogP contribution < -0.4 is 39.4 Å². The summed E-state index contributed by atoms with van der Waals surface area (Å²) in [7, 11) is 0. The summed E-state index contributed by atoms with van der Waals surface area (Å²) in [5.41, 5.74) is 0. The van der Waals surface area contributed by atoms with E-state index in [1.165, 1.54) is 0 Å². The van der Waals surface area contributed by atoms with E-state index in [9.17, 15) is 14.7 Å². The third-order valence-corrected chi connectivity index (χ3v) is 1.32. The molecule has 0 aliphatic heterocycles. The summed E-state index contributed by atoms with van der Waals surface area (Å²) in [6.45, 7) is 0. The van der Waals surface area contributed by atoms with Gasteiger partial charge in [-0.05, 0) is 18.2 Å². The summed E-state index contributed by atoms with van der Waals surface area (Å²) in [6.07, 6.45) is 1.41. The van der Waals surface area contributed by atoms with Crippen LogP contribution in [0.3, 0.4) is 0 Å². The summed E-state index contributed by atoms with van der Waals surface area (Å²) >= 11 is 0. The molecule has 0 radical (unpaired) electrons. The van der Waals surface area contributed by atoms with Crippen LogP contribution in [-0.4, -0.2) is 11.9 Å². The number of rotatable bonds is 3. The number of ether oxygens (including phenoxy) is 1. The van der Waals surface area contributed by atoms with Crippen LogP contribution in [0.15, 0.2) is 42.5 Å². The van der Waals surface area contributed by atoms with Crippen LogP contribution in [0.2, 0.25) is 0 Å². The number of carboxylic acids is 1. The van der Waals surface area contributed by atoms with E-state index < -0.39 is 11.9 Å². The summed E-state index contributed by atoms with van der Waals surface area (Å²) in [5, 5.41) is 9.95. The number of para-hydroxylation sites is 1. The second kappa shape index (κ2) is 7.23. The summed E-state index contributed by atoms with van der Waals surface area (Å²) in [6, 6.07) is 8.35. The molecular weight excluding hydrogens is 207 g/mol. The Morgan fingerprint density at radius 1 is 1.13 bits per heavy atom. The zero-order valence-corrected chi connectivity index (χ0v) is 10.2. The first-order valence-corrected chi connectivity index (χ1v) is 3.84.